The first-order valence-corrected chi connectivity index (χ1v) is 4.79. The van der Waals surface area contributed by atoms with Crippen LogP contribution in [0.5, 0.6) is 0 Å². The molecule has 1 saturated heterocycles. The molecule has 0 aliphatic carbocycles. The molecule has 0 radical (unpaired) electrons. The SMILES string of the molecule is CC(C)(C=O)CN1CCCCC1=O. The molecule has 1 amide bonds. The number of hydrogen-bond acceptors (Lipinski definition) is 2. The van der Waals surface area contributed by atoms with Crippen molar-refractivity contribution in [1.29, 1.82) is 0 Å². The second kappa shape index (κ2) is 3.90. The number of rotatable bonds is 3. The molecule has 13 heavy (non-hydrogen) atoms. The molecule has 0 atom stereocenters. The summed E-state index contributed by atoms with van der Waals surface area (Å²) < 4.78 is 0. The Bertz CT molecular complexity index is 211. The second-order valence-electron chi connectivity index (χ2n) is 4.38. The molecule has 3 nitrogen and oxygen atoms in total. The molecule has 0 aromatic carbocycles. The van der Waals surface area contributed by atoms with Gasteiger partial charge < -0.3 is 9.69 Å². The fourth-order valence-corrected chi connectivity index (χ4v) is 1.56. The van der Waals surface area contributed by atoms with Gasteiger partial charge in [0.1, 0.15) is 6.29 Å². The van der Waals surface area contributed by atoms with Crippen molar-refractivity contribution < 1.29 is 9.59 Å². The van der Waals surface area contributed by atoms with E-state index in [1.54, 1.807) is 4.90 Å². The van der Waals surface area contributed by atoms with E-state index in [4.69, 9.17) is 0 Å². The summed E-state index contributed by atoms with van der Waals surface area (Å²) in [7, 11) is 0. The van der Waals surface area contributed by atoms with E-state index >= 15 is 0 Å². The Hall–Kier alpha value is -0.860. The van der Waals surface area contributed by atoms with Crippen molar-refractivity contribution in [2.45, 2.75) is 33.1 Å². The molecule has 1 fully saturated rings. The molecule has 0 saturated carbocycles. The summed E-state index contributed by atoms with van der Waals surface area (Å²) in [5.74, 6) is 0.196. The largest absolute Gasteiger partial charge is 0.342 e. The van der Waals surface area contributed by atoms with E-state index in [2.05, 4.69) is 0 Å². The van der Waals surface area contributed by atoms with E-state index in [0.29, 0.717) is 13.0 Å². The molecule has 0 unspecified atom stereocenters. The molecule has 3 heteroatoms. The van der Waals surface area contributed by atoms with E-state index in [1.165, 1.54) is 0 Å². The van der Waals surface area contributed by atoms with Gasteiger partial charge >= 0.3 is 0 Å². The van der Waals surface area contributed by atoms with Crippen LogP contribution in [0.3, 0.4) is 0 Å². The standard InChI is InChI=1S/C10H17NO2/c1-10(2,8-12)7-11-6-4-3-5-9(11)13/h8H,3-7H2,1-2H3. The predicted octanol–water partition coefficient (Wildman–Crippen LogP) is 1.22. The van der Waals surface area contributed by atoms with Crippen LogP contribution in [0.15, 0.2) is 0 Å². The number of carbonyl (C=O) groups is 2. The van der Waals surface area contributed by atoms with Crippen LogP contribution in [-0.2, 0) is 9.59 Å². The van der Waals surface area contributed by atoms with Crippen molar-refractivity contribution in [1.82, 2.24) is 4.90 Å². The van der Waals surface area contributed by atoms with Crippen LogP contribution in [0.1, 0.15) is 33.1 Å². The molecule has 1 heterocycles. The Labute approximate surface area is 79.1 Å². The zero-order valence-corrected chi connectivity index (χ0v) is 8.38. The van der Waals surface area contributed by atoms with Crippen molar-refractivity contribution in [3.8, 4) is 0 Å². The third-order valence-corrected chi connectivity index (χ3v) is 2.34. The van der Waals surface area contributed by atoms with Crippen LogP contribution >= 0.6 is 0 Å². The lowest BCUT2D eigenvalue weighted by molar-refractivity contribution is -0.135. The molecular weight excluding hydrogens is 166 g/mol. The minimum Gasteiger partial charge on any atom is -0.342 e. The molecule has 0 bridgehead atoms. The van der Waals surface area contributed by atoms with Gasteiger partial charge in [0.15, 0.2) is 0 Å². The van der Waals surface area contributed by atoms with Gasteiger partial charge in [0, 0.05) is 24.9 Å². The molecule has 1 aliphatic heterocycles. The second-order valence-corrected chi connectivity index (χ2v) is 4.38. The van der Waals surface area contributed by atoms with E-state index < -0.39 is 5.41 Å². The smallest absolute Gasteiger partial charge is 0.222 e. The zero-order valence-electron chi connectivity index (χ0n) is 8.38. The average Bonchev–Trinajstić information content (AvgIpc) is 2.09. The summed E-state index contributed by atoms with van der Waals surface area (Å²) >= 11 is 0. The Morgan fingerprint density at radius 2 is 2.15 bits per heavy atom. The highest BCUT2D eigenvalue weighted by Gasteiger charge is 2.25. The van der Waals surface area contributed by atoms with Gasteiger partial charge in [-0.25, -0.2) is 0 Å². The Balaban J connectivity index is 2.51. The van der Waals surface area contributed by atoms with Crippen LogP contribution < -0.4 is 0 Å². The molecule has 0 N–H and O–H groups in total. The molecule has 1 rings (SSSR count). The first kappa shape index (κ1) is 10.2. The Kier molecular flexibility index (Phi) is 3.07. The van der Waals surface area contributed by atoms with Gasteiger partial charge in [-0.05, 0) is 12.8 Å². The maximum Gasteiger partial charge on any atom is 0.222 e. The van der Waals surface area contributed by atoms with Crippen molar-refractivity contribution >= 4 is 12.2 Å². The minimum absolute atomic E-state index is 0.196. The van der Waals surface area contributed by atoms with Crippen molar-refractivity contribution in [3.05, 3.63) is 0 Å². The fourth-order valence-electron chi connectivity index (χ4n) is 1.56. The van der Waals surface area contributed by atoms with E-state index in [0.717, 1.165) is 25.7 Å². The molecular formula is C10H17NO2. The highest BCUT2D eigenvalue weighted by Crippen LogP contribution is 2.18. The van der Waals surface area contributed by atoms with Gasteiger partial charge in [-0.3, -0.25) is 4.79 Å². The minimum atomic E-state index is -0.396. The number of hydrogen-bond donors (Lipinski definition) is 0. The quantitative estimate of drug-likeness (QED) is 0.617. The Morgan fingerprint density at radius 3 is 2.69 bits per heavy atom. The van der Waals surface area contributed by atoms with E-state index in [9.17, 15) is 9.59 Å². The normalized spacial score (nSPS) is 18.9. The van der Waals surface area contributed by atoms with Crippen LogP contribution in [0.25, 0.3) is 0 Å². The Morgan fingerprint density at radius 1 is 1.46 bits per heavy atom. The van der Waals surface area contributed by atoms with Gasteiger partial charge in [-0.1, -0.05) is 13.8 Å². The van der Waals surface area contributed by atoms with Crippen LogP contribution in [0.4, 0.5) is 0 Å². The van der Waals surface area contributed by atoms with Gasteiger partial charge in [0.2, 0.25) is 5.91 Å². The van der Waals surface area contributed by atoms with Crippen molar-refractivity contribution in [3.63, 3.8) is 0 Å². The van der Waals surface area contributed by atoms with E-state index in [1.807, 2.05) is 13.8 Å². The summed E-state index contributed by atoms with van der Waals surface area (Å²) in [4.78, 5) is 23.9. The third kappa shape index (κ3) is 2.83. The summed E-state index contributed by atoms with van der Waals surface area (Å²) in [6.45, 7) is 5.11. The zero-order chi connectivity index (χ0) is 9.90. The van der Waals surface area contributed by atoms with Gasteiger partial charge in [0.05, 0.1) is 0 Å². The van der Waals surface area contributed by atoms with Crippen LogP contribution in [0.2, 0.25) is 0 Å². The highest BCUT2D eigenvalue weighted by atomic mass is 16.2. The number of likely N-dealkylation sites (tertiary alicyclic amines) is 1. The monoisotopic (exact) mass is 183 g/mol. The average molecular weight is 183 g/mol. The highest BCUT2D eigenvalue weighted by molar-refractivity contribution is 5.77. The maximum absolute atomic E-state index is 11.4. The molecule has 0 aromatic heterocycles. The van der Waals surface area contributed by atoms with Gasteiger partial charge in [-0.15, -0.1) is 0 Å². The lowest BCUT2D eigenvalue weighted by atomic mass is 9.94. The predicted molar refractivity (Wildman–Crippen MR) is 50.3 cm³/mol. The number of aldehydes is 1. The van der Waals surface area contributed by atoms with Crippen molar-refractivity contribution in [2.75, 3.05) is 13.1 Å². The van der Waals surface area contributed by atoms with E-state index in [-0.39, 0.29) is 5.91 Å². The lowest BCUT2D eigenvalue weighted by Crippen LogP contribution is -2.42. The van der Waals surface area contributed by atoms with Crippen molar-refractivity contribution in [2.24, 2.45) is 5.41 Å². The maximum atomic E-state index is 11.4. The number of amides is 1. The summed E-state index contributed by atoms with van der Waals surface area (Å²) in [5, 5.41) is 0. The molecule has 1 aliphatic rings. The topological polar surface area (TPSA) is 37.4 Å². The van der Waals surface area contributed by atoms with Crippen LogP contribution in [-0.4, -0.2) is 30.2 Å². The third-order valence-electron chi connectivity index (χ3n) is 2.34. The lowest BCUT2D eigenvalue weighted by Gasteiger charge is -2.31. The number of carbonyl (C=O) groups excluding carboxylic acids is 2. The number of piperidine rings is 1. The number of nitrogens with zero attached hydrogens (tertiary/aromatic N) is 1. The molecule has 0 spiro atoms. The fraction of sp³-hybridized carbons (Fsp3) is 0.800. The molecule has 0 aromatic rings. The summed E-state index contributed by atoms with van der Waals surface area (Å²) in [5.41, 5.74) is -0.396. The van der Waals surface area contributed by atoms with Crippen LogP contribution in [0, 0.1) is 5.41 Å². The first-order chi connectivity index (χ1) is 6.05. The summed E-state index contributed by atoms with van der Waals surface area (Å²) in [6, 6.07) is 0. The molecule has 74 valence electrons. The first-order valence-electron chi connectivity index (χ1n) is 4.79. The van der Waals surface area contributed by atoms with Gasteiger partial charge in [0.25, 0.3) is 0 Å². The summed E-state index contributed by atoms with van der Waals surface area (Å²) in [6.07, 6.45) is 3.64. The van der Waals surface area contributed by atoms with Gasteiger partial charge in [-0.2, -0.15) is 0 Å².